The predicted octanol–water partition coefficient (Wildman–Crippen LogP) is 3.50. The van der Waals surface area contributed by atoms with Crippen molar-refractivity contribution in [3.05, 3.63) is 46.6 Å². The lowest BCUT2D eigenvalue weighted by Gasteiger charge is -2.31. The molecule has 142 valence electrons. The number of nitrogens with zero attached hydrogens (tertiary/aromatic N) is 1. The van der Waals surface area contributed by atoms with Gasteiger partial charge in [0.1, 0.15) is 17.4 Å². The van der Waals surface area contributed by atoms with E-state index in [4.69, 9.17) is 15.2 Å². The Kier molecular flexibility index (Phi) is 5.31. The first kappa shape index (κ1) is 18.7. The van der Waals surface area contributed by atoms with Crippen molar-refractivity contribution >= 4 is 5.78 Å². The second-order valence-corrected chi connectivity index (χ2v) is 6.06. The Hall–Kier alpha value is -3.08. The van der Waals surface area contributed by atoms with Gasteiger partial charge in [-0.2, -0.15) is 14.0 Å². The molecule has 1 aromatic rings. The summed E-state index contributed by atoms with van der Waals surface area (Å²) in [6.07, 6.45) is 1.54. The molecule has 0 saturated carbocycles. The van der Waals surface area contributed by atoms with Crippen LogP contribution in [0.5, 0.6) is 11.5 Å². The zero-order chi connectivity index (χ0) is 19.6. The molecule has 0 spiro atoms. The first-order valence-electron chi connectivity index (χ1n) is 8.51. The van der Waals surface area contributed by atoms with Crippen LogP contribution in [-0.4, -0.2) is 19.0 Å². The van der Waals surface area contributed by atoms with Crippen molar-refractivity contribution in [1.29, 1.82) is 5.26 Å². The number of Topliss-reactive ketones (excluding diaryl/α,β-unsaturated/α-hetero) is 1. The zero-order valence-electron chi connectivity index (χ0n) is 14.6. The molecule has 0 aromatic heterocycles. The topological polar surface area (TPSA) is 94.6 Å². The van der Waals surface area contributed by atoms with Crippen LogP contribution in [0, 0.1) is 11.3 Å². The van der Waals surface area contributed by atoms with E-state index in [-0.39, 0.29) is 35.3 Å². The van der Waals surface area contributed by atoms with Crippen molar-refractivity contribution in [2.24, 2.45) is 5.73 Å². The Bertz CT molecular complexity index is 871. The van der Waals surface area contributed by atoms with Crippen LogP contribution >= 0.6 is 0 Å². The van der Waals surface area contributed by atoms with Gasteiger partial charge in [0.05, 0.1) is 12.5 Å². The quantitative estimate of drug-likeness (QED) is 0.845. The SMILES string of the molecule is CCOc1cc([C@@H]2C(C#N)=C(N)OC3=C2C(=O)CCC3)ccc1OC(F)F. The average Bonchev–Trinajstić information content (AvgIpc) is 2.62. The van der Waals surface area contributed by atoms with E-state index >= 15 is 0 Å². The highest BCUT2D eigenvalue weighted by atomic mass is 19.3. The number of hydrogen-bond acceptors (Lipinski definition) is 6. The zero-order valence-corrected chi connectivity index (χ0v) is 14.6. The number of nitriles is 1. The molecule has 1 aliphatic heterocycles. The van der Waals surface area contributed by atoms with Crippen LogP contribution < -0.4 is 15.2 Å². The molecule has 1 heterocycles. The van der Waals surface area contributed by atoms with E-state index < -0.39 is 12.5 Å². The molecule has 0 radical (unpaired) electrons. The fourth-order valence-corrected chi connectivity index (χ4v) is 3.36. The Morgan fingerprint density at radius 3 is 2.81 bits per heavy atom. The van der Waals surface area contributed by atoms with Crippen molar-refractivity contribution in [3.8, 4) is 17.6 Å². The van der Waals surface area contributed by atoms with Crippen molar-refractivity contribution in [1.82, 2.24) is 0 Å². The van der Waals surface area contributed by atoms with Gasteiger partial charge < -0.3 is 19.9 Å². The summed E-state index contributed by atoms with van der Waals surface area (Å²) in [5.41, 5.74) is 6.91. The molecular weight excluding hydrogens is 358 g/mol. The van der Waals surface area contributed by atoms with Crippen molar-refractivity contribution < 1.29 is 27.8 Å². The molecule has 0 amide bonds. The molecule has 3 rings (SSSR count). The van der Waals surface area contributed by atoms with Gasteiger partial charge in [-0.25, -0.2) is 0 Å². The lowest BCUT2D eigenvalue weighted by molar-refractivity contribution is -0.116. The number of ether oxygens (including phenoxy) is 3. The Balaban J connectivity index is 2.12. The van der Waals surface area contributed by atoms with Crippen LogP contribution in [0.3, 0.4) is 0 Å². The van der Waals surface area contributed by atoms with Crippen molar-refractivity contribution in [3.63, 3.8) is 0 Å². The highest BCUT2D eigenvalue weighted by Crippen LogP contribution is 2.45. The molecule has 1 aliphatic carbocycles. The predicted molar refractivity (Wildman–Crippen MR) is 90.8 cm³/mol. The molecule has 2 aliphatic rings. The maximum absolute atomic E-state index is 12.6. The van der Waals surface area contributed by atoms with E-state index in [1.54, 1.807) is 6.92 Å². The van der Waals surface area contributed by atoms with Crippen LogP contribution in [0.25, 0.3) is 0 Å². The lowest BCUT2D eigenvalue weighted by atomic mass is 9.77. The van der Waals surface area contributed by atoms with Gasteiger partial charge in [0.15, 0.2) is 17.3 Å². The molecule has 27 heavy (non-hydrogen) atoms. The van der Waals surface area contributed by atoms with Crippen LogP contribution in [0.15, 0.2) is 41.0 Å². The van der Waals surface area contributed by atoms with E-state index in [1.807, 2.05) is 6.07 Å². The molecule has 0 bridgehead atoms. The maximum atomic E-state index is 12.6. The number of carbonyl (C=O) groups is 1. The molecule has 0 saturated heterocycles. The van der Waals surface area contributed by atoms with E-state index in [9.17, 15) is 18.8 Å². The Labute approximate surface area is 154 Å². The van der Waals surface area contributed by atoms with Crippen LogP contribution in [0.2, 0.25) is 0 Å². The summed E-state index contributed by atoms with van der Waals surface area (Å²) >= 11 is 0. The number of halogens is 2. The van der Waals surface area contributed by atoms with Gasteiger partial charge in [0.2, 0.25) is 5.88 Å². The molecule has 1 aromatic carbocycles. The molecule has 2 N–H and O–H groups in total. The van der Waals surface area contributed by atoms with Gasteiger partial charge in [-0.1, -0.05) is 6.07 Å². The maximum Gasteiger partial charge on any atom is 0.387 e. The average molecular weight is 376 g/mol. The number of nitrogens with two attached hydrogens (primary N) is 1. The summed E-state index contributed by atoms with van der Waals surface area (Å²) < 4.78 is 40.6. The number of carbonyl (C=O) groups excluding carboxylic acids is 1. The summed E-state index contributed by atoms with van der Waals surface area (Å²) in [7, 11) is 0. The van der Waals surface area contributed by atoms with E-state index in [0.717, 1.165) is 0 Å². The summed E-state index contributed by atoms with van der Waals surface area (Å²) in [5, 5.41) is 9.56. The van der Waals surface area contributed by atoms with Gasteiger partial charge in [-0.15, -0.1) is 0 Å². The normalized spacial score (nSPS) is 19.5. The number of ketones is 1. The minimum atomic E-state index is -3.00. The summed E-state index contributed by atoms with van der Waals surface area (Å²) in [6, 6.07) is 6.35. The van der Waals surface area contributed by atoms with Gasteiger partial charge >= 0.3 is 6.61 Å². The second-order valence-electron chi connectivity index (χ2n) is 6.06. The van der Waals surface area contributed by atoms with Crippen molar-refractivity contribution in [2.75, 3.05) is 6.61 Å². The standard InChI is InChI=1S/C19H18F2N2O4/c1-2-25-15-8-10(6-7-13(15)27-19(20)21)16-11(9-22)18(23)26-14-5-3-4-12(24)17(14)16/h6-8,16,19H,2-5,23H2,1H3/t16-/m1/s1. The second kappa shape index (κ2) is 7.66. The third kappa shape index (κ3) is 3.58. The van der Waals surface area contributed by atoms with E-state index in [1.165, 1.54) is 18.2 Å². The molecule has 1 atom stereocenters. The molecule has 0 unspecified atom stereocenters. The fraction of sp³-hybridized carbons (Fsp3) is 0.368. The number of alkyl halides is 2. The smallest absolute Gasteiger partial charge is 0.387 e. The van der Waals surface area contributed by atoms with Crippen molar-refractivity contribution in [2.45, 2.75) is 38.7 Å². The van der Waals surface area contributed by atoms with Gasteiger partial charge in [-0.05, 0) is 31.0 Å². The number of allylic oxidation sites excluding steroid dienone is 3. The first-order chi connectivity index (χ1) is 13.0. The van der Waals surface area contributed by atoms with Crippen LogP contribution in [0.1, 0.15) is 37.7 Å². The summed E-state index contributed by atoms with van der Waals surface area (Å²) in [5.74, 6) is -0.468. The number of benzene rings is 1. The molecule has 6 nitrogen and oxygen atoms in total. The third-order valence-electron chi connectivity index (χ3n) is 4.42. The van der Waals surface area contributed by atoms with E-state index in [2.05, 4.69) is 4.74 Å². The minimum Gasteiger partial charge on any atom is -0.490 e. The lowest BCUT2D eigenvalue weighted by Crippen LogP contribution is -2.27. The first-order valence-corrected chi connectivity index (χ1v) is 8.51. The summed E-state index contributed by atoms with van der Waals surface area (Å²) in [4.78, 5) is 12.5. The number of rotatable bonds is 5. The molecular formula is C19H18F2N2O4. The summed E-state index contributed by atoms with van der Waals surface area (Å²) in [6.45, 7) is -1.07. The monoisotopic (exact) mass is 376 g/mol. The highest BCUT2D eigenvalue weighted by molar-refractivity contribution is 5.99. The van der Waals surface area contributed by atoms with Gasteiger partial charge in [-0.3, -0.25) is 4.79 Å². The number of hydrogen-bond donors (Lipinski definition) is 1. The molecule has 8 heteroatoms. The Morgan fingerprint density at radius 1 is 1.37 bits per heavy atom. The largest absolute Gasteiger partial charge is 0.490 e. The highest BCUT2D eigenvalue weighted by Gasteiger charge is 2.38. The minimum absolute atomic E-state index is 0.0539. The van der Waals surface area contributed by atoms with Gasteiger partial charge in [0, 0.05) is 18.4 Å². The fourth-order valence-electron chi connectivity index (χ4n) is 3.36. The third-order valence-corrected chi connectivity index (χ3v) is 4.42. The van der Waals surface area contributed by atoms with Crippen LogP contribution in [0.4, 0.5) is 8.78 Å². The Morgan fingerprint density at radius 2 is 2.15 bits per heavy atom. The van der Waals surface area contributed by atoms with E-state index in [0.29, 0.717) is 36.2 Å². The van der Waals surface area contributed by atoms with Gasteiger partial charge in [0.25, 0.3) is 0 Å². The molecule has 0 fully saturated rings. The van der Waals surface area contributed by atoms with Crippen LogP contribution in [-0.2, 0) is 9.53 Å².